The fourth-order valence-electron chi connectivity index (χ4n) is 1.63. The van der Waals surface area contributed by atoms with E-state index in [0.717, 1.165) is 11.5 Å². The molecule has 0 fully saturated rings. The summed E-state index contributed by atoms with van der Waals surface area (Å²) in [5, 5.41) is 18.8. The predicted molar refractivity (Wildman–Crippen MR) is 55.5 cm³/mol. The van der Waals surface area contributed by atoms with Crippen molar-refractivity contribution in [2.24, 2.45) is 0 Å². The third kappa shape index (κ3) is 1.67. The van der Waals surface area contributed by atoms with Crippen LogP contribution in [0.5, 0.6) is 5.75 Å². The van der Waals surface area contributed by atoms with Crippen molar-refractivity contribution < 1.29 is 23.4 Å². The van der Waals surface area contributed by atoms with Gasteiger partial charge in [-0.2, -0.15) is 0 Å². The third-order valence-electron chi connectivity index (χ3n) is 2.26. The quantitative estimate of drug-likeness (QED) is 0.804. The lowest BCUT2D eigenvalue weighted by molar-refractivity contribution is -0.135. The van der Waals surface area contributed by atoms with Crippen LogP contribution in [0, 0.1) is 0 Å². The van der Waals surface area contributed by atoms with Gasteiger partial charge in [-0.15, -0.1) is 0 Å². The summed E-state index contributed by atoms with van der Waals surface area (Å²) in [4.78, 5) is 10.5. The number of rotatable bonds is 2. The Morgan fingerprint density at radius 2 is 2.00 bits per heavy atom. The van der Waals surface area contributed by atoms with Crippen LogP contribution in [-0.4, -0.2) is 24.6 Å². The SMILES string of the molecule is O=C(O)CC1=CS(=O)(=O)c2cc(O)ccc21. The summed E-state index contributed by atoms with van der Waals surface area (Å²) in [6.45, 7) is 0. The summed E-state index contributed by atoms with van der Waals surface area (Å²) in [5.74, 6) is -1.25. The van der Waals surface area contributed by atoms with Crippen molar-refractivity contribution >= 4 is 21.4 Å². The highest BCUT2D eigenvalue weighted by Crippen LogP contribution is 2.36. The molecule has 6 heteroatoms. The van der Waals surface area contributed by atoms with Gasteiger partial charge in [0, 0.05) is 5.41 Å². The molecule has 0 radical (unpaired) electrons. The zero-order valence-corrected chi connectivity index (χ0v) is 8.86. The molecule has 0 bridgehead atoms. The van der Waals surface area contributed by atoms with Crippen LogP contribution in [0.3, 0.4) is 0 Å². The topological polar surface area (TPSA) is 91.7 Å². The molecular weight excluding hydrogens is 232 g/mol. The van der Waals surface area contributed by atoms with Gasteiger partial charge in [-0.3, -0.25) is 4.79 Å². The first-order valence-electron chi connectivity index (χ1n) is 4.41. The van der Waals surface area contributed by atoms with Crippen LogP contribution in [-0.2, 0) is 14.6 Å². The van der Waals surface area contributed by atoms with Crippen molar-refractivity contribution in [3.05, 3.63) is 29.2 Å². The maximum atomic E-state index is 11.6. The normalized spacial score (nSPS) is 16.6. The van der Waals surface area contributed by atoms with Crippen molar-refractivity contribution in [3.8, 4) is 5.75 Å². The van der Waals surface area contributed by atoms with Gasteiger partial charge in [0.2, 0.25) is 9.84 Å². The highest BCUT2D eigenvalue weighted by Gasteiger charge is 2.28. The molecule has 0 saturated carbocycles. The predicted octanol–water partition coefficient (Wildman–Crippen LogP) is 0.995. The Labute approximate surface area is 91.6 Å². The van der Waals surface area contributed by atoms with E-state index in [2.05, 4.69) is 0 Å². The molecule has 0 aliphatic carbocycles. The number of hydrogen-bond donors (Lipinski definition) is 2. The molecule has 16 heavy (non-hydrogen) atoms. The van der Waals surface area contributed by atoms with Gasteiger partial charge >= 0.3 is 5.97 Å². The Kier molecular flexibility index (Phi) is 2.23. The fraction of sp³-hybridized carbons (Fsp3) is 0.100. The lowest BCUT2D eigenvalue weighted by Gasteiger charge is -2.02. The number of fused-ring (bicyclic) bond motifs is 1. The molecule has 0 spiro atoms. The molecule has 1 aliphatic heterocycles. The number of sulfone groups is 1. The number of carbonyl (C=O) groups is 1. The fourth-order valence-corrected chi connectivity index (χ4v) is 3.13. The molecule has 1 heterocycles. The first kappa shape index (κ1) is 10.7. The molecule has 0 amide bonds. The minimum Gasteiger partial charge on any atom is -0.508 e. The highest BCUT2D eigenvalue weighted by molar-refractivity contribution is 7.95. The lowest BCUT2D eigenvalue weighted by Crippen LogP contribution is -1.95. The summed E-state index contributed by atoms with van der Waals surface area (Å²) in [7, 11) is -3.61. The number of carboxylic acid groups (broad SMARTS) is 1. The van der Waals surface area contributed by atoms with Crippen molar-refractivity contribution in [1.82, 2.24) is 0 Å². The van der Waals surface area contributed by atoms with Gasteiger partial charge in [-0.25, -0.2) is 8.42 Å². The monoisotopic (exact) mass is 240 g/mol. The maximum Gasteiger partial charge on any atom is 0.307 e. The van der Waals surface area contributed by atoms with E-state index in [0.29, 0.717) is 5.56 Å². The first-order chi connectivity index (χ1) is 7.40. The van der Waals surface area contributed by atoms with Crippen molar-refractivity contribution in [1.29, 1.82) is 0 Å². The summed E-state index contributed by atoms with van der Waals surface area (Å²) in [6.07, 6.45) is -0.350. The summed E-state index contributed by atoms with van der Waals surface area (Å²) < 4.78 is 23.2. The van der Waals surface area contributed by atoms with Gasteiger partial charge < -0.3 is 10.2 Å². The van der Waals surface area contributed by atoms with E-state index in [4.69, 9.17) is 5.11 Å². The second kappa shape index (κ2) is 3.34. The van der Waals surface area contributed by atoms with E-state index >= 15 is 0 Å². The number of phenolic OH excluding ortho intramolecular Hbond substituents is 1. The van der Waals surface area contributed by atoms with Crippen LogP contribution in [0.15, 0.2) is 28.5 Å². The van der Waals surface area contributed by atoms with Gasteiger partial charge in [0.25, 0.3) is 0 Å². The molecule has 1 aromatic carbocycles. The molecule has 0 atom stereocenters. The molecule has 0 saturated heterocycles. The van der Waals surface area contributed by atoms with E-state index < -0.39 is 15.8 Å². The number of benzene rings is 1. The molecule has 0 unspecified atom stereocenters. The molecule has 1 aromatic rings. The Balaban J connectivity index is 2.60. The number of aromatic hydroxyl groups is 1. The summed E-state index contributed by atoms with van der Waals surface area (Å²) in [6, 6.07) is 3.86. The number of hydrogen-bond acceptors (Lipinski definition) is 4. The van der Waals surface area contributed by atoms with E-state index in [1.165, 1.54) is 12.1 Å². The molecule has 84 valence electrons. The Hall–Kier alpha value is -1.82. The van der Waals surface area contributed by atoms with Crippen molar-refractivity contribution in [3.63, 3.8) is 0 Å². The van der Waals surface area contributed by atoms with Gasteiger partial charge in [-0.1, -0.05) is 0 Å². The van der Waals surface area contributed by atoms with Crippen LogP contribution in [0.1, 0.15) is 12.0 Å². The first-order valence-corrected chi connectivity index (χ1v) is 5.95. The molecule has 5 nitrogen and oxygen atoms in total. The molecule has 0 aromatic heterocycles. The largest absolute Gasteiger partial charge is 0.508 e. The van der Waals surface area contributed by atoms with Crippen LogP contribution in [0.25, 0.3) is 5.57 Å². The number of carboxylic acids is 1. The van der Waals surface area contributed by atoms with E-state index in [1.807, 2.05) is 0 Å². The highest BCUT2D eigenvalue weighted by atomic mass is 32.2. The summed E-state index contributed by atoms with van der Waals surface area (Å²) >= 11 is 0. The standard InChI is InChI=1S/C10H8O5S/c11-7-1-2-8-6(3-10(12)13)5-16(14,15)9(8)4-7/h1-2,4-5,11H,3H2,(H,12,13). The molecular formula is C10H8O5S. The minimum atomic E-state index is -3.61. The number of aliphatic carboxylic acids is 1. The molecule has 2 N–H and O–H groups in total. The summed E-state index contributed by atoms with van der Waals surface area (Å²) in [5.41, 5.74) is 0.586. The average molecular weight is 240 g/mol. The van der Waals surface area contributed by atoms with Crippen LogP contribution >= 0.6 is 0 Å². The second-order valence-corrected chi connectivity index (χ2v) is 5.20. The zero-order chi connectivity index (χ0) is 11.9. The third-order valence-corrected chi connectivity index (χ3v) is 3.80. The van der Waals surface area contributed by atoms with Gasteiger partial charge in [0.1, 0.15) is 5.75 Å². The van der Waals surface area contributed by atoms with Gasteiger partial charge in [-0.05, 0) is 29.3 Å². The Morgan fingerprint density at radius 3 is 2.62 bits per heavy atom. The van der Waals surface area contributed by atoms with Crippen LogP contribution < -0.4 is 0 Å². The maximum absolute atomic E-state index is 11.6. The van der Waals surface area contributed by atoms with Gasteiger partial charge in [0.15, 0.2) is 0 Å². The smallest absolute Gasteiger partial charge is 0.307 e. The average Bonchev–Trinajstić information content (AvgIpc) is 2.37. The van der Waals surface area contributed by atoms with Crippen molar-refractivity contribution in [2.75, 3.05) is 0 Å². The van der Waals surface area contributed by atoms with E-state index in [1.54, 1.807) is 0 Å². The van der Waals surface area contributed by atoms with Crippen molar-refractivity contribution in [2.45, 2.75) is 11.3 Å². The second-order valence-electron chi connectivity index (χ2n) is 3.44. The van der Waals surface area contributed by atoms with E-state index in [9.17, 15) is 18.3 Å². The Morgan fingerprint density at radius 1 is 1.31 bits per heavy atom. The van der Waals surface area contributed by atoms with E-state index in [-0.39, 0.29) is 22.6 Å². The lowest BCUT2D eigenvalue weighted by atomic mass is 10.0. The number of phenols is 1. The molecule has 1 aliphatic rings. The van der Waals surface area contributed by atoms with Crippen LogP contribution in [0.2, 0.25) is 0 Å². The minimum absolute atomic E-state index is 0.0382. The zero-order valence-electron chi connectivity index (χ0n) is 8.04. The molecule has 2 rings (SSSR count). The van der Waals surface area contributed by atoms with Crippen LogP contribution in [0.4, 0.5) is 0 Å². The Bertz CT molecular complexity index is 598. The van der Waals surface area contributed by atoms with Gasteiger partial charge in [0.05, 0.1) is 11.3 Å².